The van der Waals surface area contributed by atoms with Gasteiger partial charge in [-0.15, -0.1) is 7.92 Å². The van der Waals surface area contributed by atoms with Crippen molar-refractivity contribution >= 4 is 31.3 Å². The Bertz CT molecular complexity index is 686. The van der Waals surface area contributed by atoms with E-state index < -0.39 is 0 Å². The van der Waals surface area contributed by atoms with E-state index in [1.54, 1.807) is 0 Å². The molecule has 1 heterocycles. The molecular weight excluding hydrogens is 552 g/mol. The van der Waals surface area contributed by atoms with Crippen LogP contribution < -0.4 is 0 Å². The molecule has 27 heavy (non-hydrogen) atoms. The molecule has 0 aliphatic carbocycles. The Morgan fingerprint density at radius 2 is 1.56 bits per heavy atom. The van der Waals surface area contributed by atoms with Gasteiger partial charge in [0.2, 0.25) is 0 Å². The van der Waals surface area contributed by atoms with Crippen LogP contribution in [0, 0.1) is 0 Å². The van der Waals surface area contributed by atoms with Crippen LogP contribution >= 0.6 is 7.92 Å². The monoisotopic (exact) mass is 586 g/mol. The first-order valence-electron chi connectivity index (χ1n) is 9.80. The molecule has 0 unspecified atom stereocenters. The van der Waals surface area contributed by atoms with E-state index in [0.29, 0.717) is 7.92 Å². The molecule has 0 atom stereocenters. The molecule has 0 saturated heterocycles. The predicted molar refractivity (Wildman–Crippen MR) is 121 cm³/mol. The van der Waals surface area contributed by atoms with Crippen LogP contribution in [0.2, 0.25) is 0 Å². The van der Waals surface area contributed by atoms with Crippen LogP contribution in [0.4, 0.5) is 0 Å². The van der Waals surface area contributed by atoms with Crippen LogP contribution in [0.1, 0.15) is 31.9 Å². The Morgan fingerprint density at radius 3 is 2.07 bits per heavy atom. The van der Waals surface area contributed by atoms with Crippen LogP contribution in [-0.2, 0) is 48.1 Å². The number of hydrogen-bond acceptors (Lipinski definition) is 3. The molecule has 1 aliphatic rings. The summed E-state index contributed by atoms with van der Waals surface area (Å²) < 4.78 is 0. The Morgan fingerprint density at radius 1 is 0.963 bits per heavy atom. The summed E-state index contributed by atoms with van der Waals surface area (Å²) in [5.41, 5.74) is 2.84. The topological polar surface area (TPSA) is 6.48 Å². The third kappa shape index (κ3) is 7.08. The maximum Gasteiger partial charge on any atom is 1.00 e. The molecule has 2 nitrogen and oxygen atoms in total. The van der Waals surface area contributed by atoms with Gasteiger partial charge >= 0.3 is 22.4 Å². The largest absolute Gasteiger partial charge is 1.00 e. The zero-order valence-corrected chi connectivity index (χ0v) is 21.3. The van der Waals surface area contributed by atoms with Crippen LogP contribution in [0.3, 0.4) is 0 Å². The van der Waals surface area contributed by atoms with Gasteiger partial charge in [0.25, 0.3) is 0 Å². The second-order valence-corrected chi connectivity index (χ2v) is 10.9. The van der Waals surface area contributed by atoms with Crippen molar-refractivity contribution < 1.29 is 22.4 Å². The summed E-state index contributed by atoms with van der Waals surface area (Å²) in [6.07, 6.45) is 4.26. The van der Waals surface area contributed by atoms with Gasteiger partial charge in [-0.25, -0.2) is 0 Å². The second-order valence-electron chi connectivity index (χ2n) is 7.20. The average Bonchev–Trinajstić information content (AvgIpc) is 2.65. The normalized spacial score (nSPS) is 13.4. The zero-order valence-electron chi connectivity index (χ0n) is 17.4. The molecule has 154 valence electrons. The quantitative estimate of drug-likeness (QED) is 0.263. The van der Waals surface area contributed by atoms with Crippen LogP contribution in [0.25, 0.3) is 10.8 Å². The fourth-order valence-electron chi connectivity index (χ4n) is 3.51. The molecule has 0 fully saturated rings. The summed E-state index contributed by atoms with van der Waals surface area (Å²) in [5.74, 6) is 0. The molecular formula is C22H34AuN2PS. The summed E-state index contributed by atoms with van der Waals surface area (Å²) in [6, 6.07) is 10.8. The first-order chi connectivity index (χ1) is 12.5. The van der Waals surface area contributed by atoms with Gasteiger partial charge in [0.15, 0.2) is 0 Å². The first kappa shape index (κ1) is 25.0. The molecule has 2 aromatic carbocycles. The molecule has 0 saturated carbocycles. The standard InChI is InChI=1S/C16H20N2S.C6H15P.Au/c1-17(2)8-9-18-10-12-4-3-5-14-15(19)7-6-13(11-18)16(12)14;1-4-7(5-2)6-3;/h3-7,19H,8-11H2,1-2H3;4-6H2,1-3H3;/q;;+1/p-1. The molecule has 3 rings (SSSR count). The Balaban J connectivity index is 0.000000395. The SMILES string of the molecule is CCP(CC)CC.CN(C)CCN1Cc2cccc3c([S-])ccc(c23)C1.[Au+]. The molecule has 0 aromatic heterocycles. The van der Waals surface area contributed by atoms with Crippen LogP contribution in [0.5, 0.6) is 0 Å². The third-order valence-corrected chi connectivity index (χ3v) is 8.21. The minimum absolute atomic E-state index is 0. The van der Waals surface area contributed by atoms with Crippen LogP contribution in [0.15, 0.2) is 35.2 Å². The van der Waals surface area contributed by atoms with E-state index in [1.807, 2.05) is 0 Å². The van der Waals surface area contributed by atoms with Crippen molar-refractivity contribution in [3.8, 4) is 0 Å². The van der Waals surface area contributed by atoms with E-state index >= 15 is 0 Å². The van der Waals surface area contributed by atoms with E-state index in [-0.39, 0.29) is 22.4 Å². The average molecular weight is 587 g/mol. The van der Waals surface area contributed by atoms with E-state index in [1.165, 1.54) is 40.4 Å². The molecule has 5 heteroatoms. The number of benzene rings is 2. The van der Waals surface area contributed by atoms with Gasteiger partial charge in [0.1, 0.15) is 0 Å². The van der Waals surface area contributed by atoms with Gasteiger partial charge in [-0.3, -0.25) is 4.90 Å². The summed E-state index contributed by atoms with van der Waals surface area (Å²) in [7, 11) is 4.70. The van der Waals surface area contributed by atoms with Crippen LogP contribution in [-0.4, -0.2) is 55.5 Å². The summed E-state index contributed by atoms with van der Waals surface area (Å²) in [6.45, 7) is 11.2. The summed E-state index contributed by atoms with van der Waals surface area (Å²) in [5, 5.41) is 2.65. The van der Waals surface area contributed by atoms with Gasteiger partial charge in [0, 0.05) is 26.2 Å². The minimum Gasteiger partial charge on any atom is -0.779 e. The second kappa shape index (κ2) is 12.5. The van der Waals surface area contributed by atoms with Gasteiger partial charge in [-0.05, 0) is 54.5 Å². The predicted octanol–water partition coefficient (Wildman–Crippen LogP) is 5.15. The maximum absolute atomic E-state index is 5.44. The summed E-state index contributed by atoms with van der Waals surface area (Å²) >= 11 is 5.44. The van der Waals surface area contributed by atoms with Crippen molar-refractivity contribution in [3.05, 3.63) is 41.5 Å². The van der Waals surface area contributed by atoms with Crippen molar-refractivity contribution in [2.24, 2.45) is 0 Å². The molecule has 0 radical (unpaired) electrons. The van der Waals surface area contributed by atoms with Crippen molar-refractivity contribution in [1.29, 1.82) is 0 Å². The third-order valence-electron chi connectivity index (χ3n) is 5.17. The molecule has 0 bridgehead atoms. The molecule has 0 spiro atoms. The molecule has 0 N–H and O–H groups in total. The maximum atomic E-state index is 5.44. The fourth-order valence-corrected chi connectivity index (χ4v) is 5.09. The van der Waals surface area contributed by atoms with Crippen molar-refractivity contribution in [3.63, 3.8) is 0 Å². The zero-order chi connectivity index (χ0) is 19.1. The van der Waals surface area contributed by atoms with E-state index in [9.17, 15) is 0 Å². The Labute approximate surface area is 188 Å². The smallest absolute Gasteiger partial charge is 0.779 e. The Kier molecular flexibility index (Phi) is 11.6. The van der Waals surface area contributed by atoms with Gasteiger partial charge in [0.05, 0.1) is 0 Å². The van der Waals surface area contributed by atoms with Gasteiger partial charge in [-0.1, -0.05) is 51.1 Å². The molecule has 2 aromatic rings. The number of rotatable bonds is 6. The van der Waals surface area contributed by atoms with E-state index in [0.717, 1.165) is 31.1 Å². The van der Waals surface area contributed by atoms with Gasteiger partial charge in [-0.2, -0.15) is 4.90 Å². The molecule has 0 amide bonds. The van der Waals surface area contributed by atoms with E-state index in [2.05, 4.69) is 75.0 Å². The Hall–Kier alpha value is 0.0103. The molecule has 1 aliphatic heterocycles. The van der Waals surface area contributed by atoms with Crippen molar-refractivity contribution in [1.82, 2.24) is 9.80 Å². The van der Waals surface area contributed by atoms with Crippen molar-refractivity contribution in [2.45, 2.75) is 38.8 Å². The fraction of sp³-hybridized carbons (Fsp3) is 0.545. The summed E-state index contributed by atoms with van der Waals surface area (Å²) in [4.78, 5) is 5.73. The number of likely N-dealkylation sites (N-methyl/N-ethyl adjacent to an activating group) is 1. The number of hydrogen-bond donors (Lipinski definition) is 0. The minimum atomic E-state index is 0. The first-order valence-corrected chi connectivity index (χ1v) is 12.1. The van der Waals surface area contributed by atoms with Crippen molar-refractivity contribution in [2.75, 3.05) is 45.7 Å². The number of nitrogens with zero attached hydrogens (tertiary/aromatic N) is 2. The van der Waals surface area contributed by atoms with Gasteiger partial charge < -0.3 is 17.5 Å². The van der Waals surface area contributed by atoms with E-state index in [4.69, 9.17) is 12.6 Å².